The zero-order valence-corrected chi connectivity index (χ0v) is 10.8. The average molecular weight is 247 g/mol. The zero-order chi connectivity index (χ0) is 11.4. The summed E-state index contributed by atoms with van der Waals surface area (Å²) in [6.45, 7) is 8.28. The summed E-state index contributed by atoms with van der Waals surface area (Å²) < 4.78 is 0. The predicted octanol–water partition coefficient (Wildman–Crippen LogP) is 3.62. The lowest BCUT2D eigenvalue weighted by Crippen LogP contribution is -2.30. The Labute approximate surface area is 101 Å². The van der Waals surface area contributed by atoms with E-state index in [1.165, 1.54) is 0 Å². The summed E-state index contributed by atoms with van der Waals surface area (Å²) in [6.07, 6.45) is 1.75. The van der Waals surface area contributed by atoms with Gasteiger partial charge in [0.2, 0.25) is 0 Å². The van der Waals surface area contributed by atoms with Crippen LogP contribution in [0.3, 0.4) is 0 Å². The lowest BCUT2D eigenvalue weighted by molar-refractivity contribution is 0.225. The topological polar surface area (TPSA) is 16.1 Å². The largest absolute Gasteiger partial charge is 0.297 e. The molecule has 0 aliphatic heterocycles. The Bertz CT molecular complexity index is 326. The number of hydrogen-bond donors (Lipinski definition) is 0. The van der Waals surface area contributed by atoms with Crippen LogP contribution in [0.25, 0.3) is 0 Å². The molecule has 0 atom stereocenters. The molecule has 0 saturated carbocycles. The standard InChI is InChI=1S/C11H16Cl2N2/c1-4-15(8(2)3)7-9-6-14-11(13)5-10(9)12/h5-6,8H,4,7H2,1-3H3. The van der Waals surface area contributed by atoms with Gasteiger partial charge in [0.25, 0.3) is 0 Å². The van der Waals surface area contributed by atoms with E-state index in [2.05, 4.69) is 30.7 Å². The van der Waals surface area contributed by atoms with Crippen molar-refractivity contribution in [3.63, 3.8) is 0 Å². The minimum Gasteiger partial charge on any atom is -0.297 e. The molecule has 1 aromatic rings. The molecule has 0 spiro atoms. The van der Waals surface area contributed by atoms with E-state index < -0.39 is 0 Å². The minimum atomic E-state index is 0.441. The first-order valence-electron chi connectivity index (χ1n) is 5.08. The van der Waals surface area contributed by atoms with Crippen molar-refractivity contribution in [3.8, 4) is 0 Å². The van der Waals surface area contributed by atoms with E-state index in [9.17, 15) is 0 Å². The molecule has 1 heterocycles. The van der Waals surface area contributed by atoms with Crippen LogP contribution in [0.5, 0.6) is 0 Å². The summed E-state index contributed by atoms with van der Waals surface area (Å²) in [5.41, 5.74) is 1.02. The fourth-order valence-corrected chi connectivity index (χ4v) is 1.86. The molecule has 0 unspecified atom stereocenters. The molecule has 1 rings (SSSR count). The Morgan fingerprint density at radius 1 is 1.40 bits per heavy atom. The molecule has 0 fully saturated rings. The van der Waals surface area contributed by atoms with Gasteiger partial charge in [-0.05, 0) is 26.5 Å². The third-order valence-electron chi connectivity index (χ3n) is 2.41. The van der Waals surface area contributed by atoms with Crippen LogP contribution in [0.4, 0.5) is 0 Å². The van der Waals surface area contributed by atoms with Crippen LogP contribution in [-0.4, -0.2) is 22.5 Å². The van der Waals surface area contributed by atoms with Crippen LogP contribution in [0.2, 0.25) is 10.2 Å². The minimum absolute atomic E-state index is 0.441. The number of hydrogen-bond acceptors (Lipinski definition) is 2. The van der Waals surface area contributed by atoms with Gasteiger partial charge in [0.1, 0.15) is 5.15 Å². The van der Waals surface area contributed by atoms with Crippen molar-refractivity contribution in [2.75, 3.05) is 6.54 Å². The Balaban J connectivity index is 2.79. The number of rotatable bonds is 4. The van der Waals surface area contributed by atoms with Crippen molar-refractivity contribution >= 4 is 23.2 Å². The Morgan fingerprint density at radius 2 is 2.07 bits per heavy atom. The monoisotopic (exact) mass is 246 g/mol. The Hall–Kier alpha value is -0.310. The van der Waals surface area contributed by atoms with E-state index in [0.717, 1.165) is 18.7 Å². The molecule has 0 aromatic carbocycles. The highest BCUT2D eigenvalue weighted by molar-refractivity contribution is 6.34. The van der Waals surface area contributed by atoms with Gasteiger partial charge in [-0.1, -0.05) is 30.1 Å². The molecule has 4 heteroatoms. The maximum Gasteiger partial charge on any atom is 0.130 e. The molecule has 0 N–H and O–H groups in total. The molecule has 0 aliphatic rings. The lowest BCUT2D eigenvalue weighted by Gasteiger charge is -2.24. The van der Waals surface area contributed by atoms with E-state index in [0.29, 0.717) is 16.2 Å². The summed E-state index contributed by atoms with van der Waals surface area (Å²) in [5, 5.41) is 1.13. The zero-order valence-electron chi connectivity index (χ0n) is 9.30. The van der Waals surface area contributed by atoms with Crippen molar-refractivity contribution in [1.82, 2.24) is 9.88 Å². The molecular weight excluding hydrogens is 231 g/mol. The van der Waals surface area contributed by atoms with E-state index in [1.807, 2.05) is 0 Å². The molecule has 2 nitrogen and oxygen atoms in total. The molecule has 0 aliphatic carbocycles. The molecule has 0 bridgehead atoms. The summed E-state index contributed by atoms with van der Waals surface area (Å²) in [7, 11) is 0. The highest BCUT2D eigenvalue weighted by Crippen LogP contribution is 2.20. The Morgan fingerprint density at radius 3 is 2.53 bits per heavy atom. The number of pyridine rings is 1. The van der Waals surface area contributed by atoms with Gasteiger partial charge in [-0.25, -0.2) is 4.98 Å². The molecule has 15 heavy (non-hydrogen) atoms. The summed E-state index contributed by atoms with van der Waals surface area (Å²) in [5.74, 6) is 0. The van der Waals surface area contributed by atoms with Gasteiger partial charge < -0.3 is 0 Å². The van der Waals surface area contributed by atoms with Crippen molar-refractivity contribution < 1.29 is 0 Å². The van der Waals surface area contributed by atoms with Crippen LogP contribution in [0.1, 0.15) is 26.3 Å². The Kier molecular flexibility index (Phi) is 4.84. The number of halogens is 2. The molecular formula is C11H16Cl2N2. The fourth-order valence-electron chi connectivity index (χ4n) is 1.43. The first kappa shape index (κ1) is 12.8. The summed E-state index contributed by atoms with van der Waals surface area (Å²) in [6, 6.07) is 2.19. The van der Waals surface area contributed by atoms with Gasteiger partial charge >= 0.3 is 0 Å². The molecule has 0 saturated heterocycles. The molecule has 0 radical (unpaired) electrons. The van der Waals surface area contributed by atoms with Gasteiger partial charge in [-0.15, -0.1) is 0 Å². The van der Waals surface area contributed by atoms with Crippen molar-refractivity contribution in [2.24, 2.45) is 0 Å². The van der Waals surface area contributed by atoms with Gasteiger partial charge in [0, 0.05) is 29.4 Å². The van der Waals surface area contributed by atoms with Crippen molar-refractivity contribution in [1.29, 1.82) is 0 Å². The quantitative estimate of drug-likeness (QED) is 0.755. The van der Waals surface area contributed by atoms with Crippen LogP contribution < -0.4 is 0 Å². The number of aromatic nitrogens is 1. The normalized spacial score (nSPS) is 11.4. The lowest BCUT2D eigenvalue weighted by atomic mass is 10.2. The molecule has 1 aromatic heterocycles. The molecule has 84 valence electrons. The SMILES string of the molecule is CCN(Cc1cnc(Cl)cc1Cl)C(C)C. The second-order valence-corrected chi connectivity index (χ2v) is 4.55. The first-order chi connectivity index (χ1) is 7.04. The second kappa shape index (κ2) is 5.69. The third-order valence-corrected chi connectivity index (χ3v) is 2.96. The van der Waals surface area contributed by atoms with Gasteiger partial charge in [-0.2, -0.15) is 0 Å². The fraction of sp³-hybridized carbons (Fsp3) is 0.545. The molecule has 0 amide bonds. The van der Waals surface area contributed by atoms with Crippen LogP contribution in [0, 0.1) is 0 Å². The average Bonchev–Trinajstić information content (AvgIpc) is 2.16. The maximum atomic E-state index is 6.08. The van der Waals surface area contributed by atoms with Crippen LogP contribution in [-0.2, 0) is 6.54 Å². The third kappa shape index (κ3) is 3.63. The summed E-state index contributed by atoms with van der Waals surface area (Å²) in [4.78, 5) is 6.36. The highest BCUT2D eigenvalue weighted by Gasteiger charge is 2.10. The predicted molar refractivity (Wildman–Crippen MR) is 65.5 cm³/mol. The van der Waals surface area contributed by atoms with Gasteiger partial charge in [0.05, 0.1) is 0 Å². The van der Waals surface area contributed by atoms with E-state index in [1.54, 1.807) is 12.3 Å². The summed E-state index contributed by atoms with van der Waals surface area (Å²) >= 11 is 11.8. The van der Waals surface area contributed by atoms with E-state index >= 15 is 0 Å². The van der Waals surface area contributed by atoms with E-state index in [4.69, 9.17) is 23.2 Å². The smallest absolute Gasteiger partial charge is 0.130 e. The van der Waals surface area contributed by atoms with Crippen LogP contribution in [0.15, 0.2) is 12.3 Å². The first-order valence-corrected chi connectivity index (χ1v) is 5.84. The van der Waals surface area contributed by atoms with Gasteiger partial charge in [-0.3, -0.25) is 4.90 Å². The van der Waals surface area contributed by atoms with E-state index in [-0.39, 0.29) is 0 Å². The van der Waals surface area contributed by atoms with Crippen molar-refractivity contribution in [3.05, 3.63) is 28.0 Å². The van der Waals surface area contributed by atoms with Crippen molar-refractivity contribution in [2.45, 2.75) is 33.4 Å². The van der Waals surface area contributed by atoms with Crippen LogP contribution >= 0.6 is 23.2 Å². The second-order valence-electron chi connectivity index (χ2n) is 3.76. The number of nitrogens with zero attached hydrogens (tertiary/aromatic N) is 2. The highest BCUT2D eigenvalue weighted by atomic mass is 35.5. The maximum absolute atomic E-state index is 6.08. The van der Waals surface area contributed by atoms with Gasteiger partial charge in [0.15, 0.2) is 0 Å².